The standard InChI is InChI=1S/C25H21Cl2F3N2O3/c1-23(2)11-18-20(19(33)12-23)24(25(28,29)30,31-21(34)14-7-9-16(26)10-8-14)22(35)32(18)13-15-5-3-4-6-17(15)27/h3-10H,11-13H2,1-2H3,(H,31,34)/t24-/m1/s1. The Morgan fingerprint density at radius 2 is 1.66 bits per heavy atom. The van der Waals surface area contributed by atoms with Crippen LogP contribution in [-0.2, 0) is 16.1 Å². The van der Waals surface area contributed by atoms with Gasteiger partial charge in [0.05, 0.1) is 12.1 Å². The van der Waals surface area contributed by atoms with Crippen molar-refractivity contribution < 1.29 is 27.6 Å². The van der Waals surface area contributed by atoms with Gasteiger partial charge < -0.3 is 10.2 Å². The van der Waals surface area contributed by atoms with Crippen LogP contribution in [0.15, 0.2) is 59.8 Å². The average molecular weight is 525 g/mol. The van der Waals surface area contributed by atoms with Crippen molar-refractivity contribution in [3.63, 3.8) is 0 Å². The van der Waals surface area contributed by atoms with Crippen LogP contribution in [0.1, 0.15) is 42.6 Å². The van der Waals surface area contributed by atoms with E-state index >= 15 is 0 Å². The number of alkyl halides is 3. The highest BCUT2D eigenvalue weighted by Gasteiger charge is 2.71. The van der Waals surface area contributed by atoms with Crippen molar-refractivity contribution in [3.05, 3.63) is 81.0 Å². The topological polar surface area (TPSA) is 66.5 Å². The maximum absolute atomic E-state index is 14.8. The number of Topliss-reactive ketones (excluding diaryl/α,β-unsaturated/α-hetero) is 1. The van der Waals surface area contributed by atoms with Crippen LogP contribution in [0.3, 0.4) is 0 Å². The Morgan fingerprint density at radius 1 is 1.03 bits per heavy atom. The lowest BCUT2D eigenvalue weighted by Gasteiger charge is -2.35. The molecule has 2 amide bonds. The monoisotopic (exact) mass is 524 g/mol. The molecule has 1 N–H and O–H groups in total. The third-order valence-electron chi connectivity index (χ3n) is 6.24. The second kappa shape index (κ2) is 8.68. The molecule has 35 heavy (non-hydrogen) atoms. The van der Waals surface area contributed by atoms with Crippen LogP contribution < -0.4 is 5.32 Å². The molecule has 0 aromatic heterocycles. The van der Waals surface area contributed by atoms with Gasteiger partial charge in [-0.15, -0.1) is 0 Å². The normalized spacial score (nSPS) is 21.9. The van der Waals surface area contributed by atoms with Crippen molar-refractivity contribution >= 4 is 40.8 Å². The van der Waals surface area contributed by atoms with Crippen molar-refractivity contribution in [1.82, 2.24) is 10.2 Å². The van der Waals surface area contributed by atoms with Gasteiger partial charge in [0.2, 0.25) is 5.54 Å². The van der Waals surface area contributed by atoms with Gasteiger partial charge in [0, 0.05) is 27.7 Å². The highest BCUT2D eigenvalue weighted by atomic mass is 35.5. The van der Waals surface area contributed by atoms with Gasteiger partial charge in [0.15, 0.2) is 5.78 Å². The number of hydrogen-bond acceptors (Lipinski definition) is 3. The quantitative estimate of drug-likeness (QED) is 0.556. The number of hydrogen-bond donors (Lipinski definition) is 1. The Morgan fingerprint density at radius 3 is 2.26 bits per heavy atom. The second-order valence-corrected chi connectivity index (χ2v) is 10.3. The van der Waals surface area contributed by atoms with E-state index in [1.54, 1.807) is 38.1 Å². The van der Waals surface area contributed by atoms with Gasteiger partial charge in [-0.25, -0.2) is 0 Å². The van der Waals surface area contributed by atoms with Crippen LogP contribution in [0, 0.1) is 5.41 Å². The molecule has 0 saturated carbocycles. The summed E-state index contributed by atoms with van der Waals surface area (Å²) < 4.78 is 44.5. The van der Waals surface area contributed by atoms with Crippen molar-refractivity contribution in [2.24, 2.45) is 5.41 Å². The first kappa shape index (κ1) is 25.3. The van der Waals surface area contributed by atoms with E-state index < -0.39 is 40.3 Å². The summed E-state index contributed by atoms with van der Waals surface area (Å²) in [5.74, 6) is -3.43. The summed E-state index contributed by atoms with van der Waals surface area (Å²) in [5, 5.41) is 2.44. The Bertz CT molecular complexity index is 1260. The smallest absolute Gasteiger partial charge is 0.326 e. The zero-order valence-electron chi connectivity index (χ0n) is 18.8. The van der Waals surface area contributed by atoms with E-state index in [0.717, 1.165) is 4.90 Å². The molecule has 0 unspecified atom stereocenters. The molecule has 0 bridgehead atoms. The minimum absolute atomic E-state index is 0.0406. The largest absolute Gasteiger partial charge is 0.425 e. The number of ketones is 1. The summed E-state index contributed by atoms with van der Waals surface area (Å²) in [5.41, 5.74) is -4.72. The van der Waals surface area contributed by atoms with Gasteiger partial charge in [-0.1, -0.05) is 55.2 Å². The number of carbonyl (C=O) groups excluding carboxylic acids is 3. The van der Waals surface area contributed by atoms with Crippen molar-refractivity contribution in [2.75, 3.05) is 0 Å². The summed E-state index contributed by atoms with van der Waals surface area (Å²) in [6, 6.07) is 11.6. The molecule has 1 atom stereocenters. The SMILES string of the molecule is CC1(C)CC(=O)C2=C(C1)N(Cc1ccccc1Cl)C(=O)[C@@]2(NC(=O)c1ccc(Cl)cc1)C(F)(F)F. The minimum Gasteiger partial charge on any atom is -0.326 e. The van der Waals surface area contributed by atoms with E-state index in [9.17, 15) is 27.6 Å². The van der Waals surface area contributed by atoms with Crippen LogP contribution in [0.25, 0.3) is 0 Å². The number of amides is 2. The number of nitrogens with zero attached hydrogens (tertiary/aromatic N) is 1. The van der Waals surface area contributed by atoms with E-state index in [1.165, 1.54) is 24.3 Å². The number of halogens is 5. The average Bonchev–Trinajstić information content (AvgIpc) is 2.98. The zero-order chi connectivity index (χ0) is 25.8. The highest BCUT2D eigenvalue weighted by molar-refractivity contribution is 6.31. The van der Waals surface area contributed by atoms with Gasteiger partial charge in [0.1, 0.15) is 0 Å². The van der Waals surface area contributed by atoms with Crippen LogP contribution >= 0.6 is 23.2 Å². The Hall–Kier alpha value is -2.84. The van der Waals surface area contributed by atoms with Gasteiger partial charge in [-0.2, -0.15) is 13.2 Å². The molecule has 10 heteroatoms. The Kier molecular flexibility index (Phi) is 6.26. The van der Waals surface area contributed by atoms with E-state index in [2.05, 4.69) is 0 Å². The molecule has 0 saturated heterocycles. The molecular formula is C25H21Cl2F3N2O3. The number of rotatable bonds is 4. The van der Waals surface area contributed by atoms with Crippen LogP contribution in [0.2, 0.25) is 10.0 Å². The molecule has 2 aromatic rings. The first-order valence-electron chi connectivity index (χ1n) is 10.7. The molecule has 2 aliphatic rings. The molecule has 0 spiro atoms. The molecule has 184 valence electrons. The maximum Gasteiger partial charge on any atom is 0.425 e. The van der Waals surface area contributed by atoms with Crippen LogP contribution in [0.5, 0.6) is 0 Å². The third-order valence-corrected chi connectivity index (χ3v) is 6.86. The lowest BCUT2D eigenvalue weighted by Crippen LogP contribution is -2.66. The molecule has 1 aliphatic heterocycles. The van der Waals surface area contributed by atoms with Gasteiger partial charge >= 0.3 is 6.18 Å². The molecule has 1 aliphatic carbocycles. The molecule has 4 rings (SSSR count). The molecule has 5 nitrogen and oxygen atoms in total. The van der Waals surface area contributed by atoms with E-state index in [-0.39, 0.29) is 40.7 Å². The number of benzene rings is 2. The van der Waals surface area contributed by atoms with E-state index in [1.807, 2.05) is 5.32 Å². The summed E-state index contributed by atoms with van der Waals surface area (Å²) in [7, 11) is 0. The highest BCUT2D eigenvalue weighted by Crippen LogP contribution is 2.52. The van der Waals surface area contributed by atoms with Crippen molar-refractivity contribution in [2.45, 2.75) is 44.9 Å². The fraction of sp³-hybridized carbons (Fsp3) is 0.320. The second-order valence-electron chi connectivity index (χ2n) is 9.45. The Balaban J connectivity index is 1.88. The summed E-state index contributed by atoms with van der Waals surface area (Å²) in [4.78, 5) is 40.8. The first-order chi connectivity index (χ1) is 16.3. The molecule has 0 fully saturated rings. The van der Waals surface area contributed by atoms with Gasteiger partial charge in [0.25, 0.3) is 11.8 Å². The Labute approximate surface area is 209 Å². The minimum atomic E-state index is -5.29. The fourth-order valence-electron chi connectivity index (χ4n) is 4.63. The summed E-state index contributed by atoms with van der Waals surface area (Å²) in [6.07, 6.45) is -5.45. The first-order valence-corrected chi connectivity index (χ1v) is 11.5. The molecule has 2 aromatic carbocycles. The van der Waals surface area contributed by atoms with E-state index in [4.69, 9.17) is 23.2 Å². The van der Waals surface area contributed by atoms with E-state index in [0.29, 0.717) is 5.56 Å². The van der Waals surface area contributed by atoms with Gasteiger partial charge in [-0.3, -0.25) is 14.4 Å². The predicted octanol–water partition coefficient (Wildman–Crippen LogP) is 5.71. The zero-order valence-corrected chi connectivity index (χ0v) is 20.3. The van der Waals surface area contributed by atoms with Gasteiger partial charge in [-0.05, 0) is 47.7 Å². The van der Waals surface area contributed by atoms with Crippen molar-refractivity contribution in [1.29, 1.82) is 0 Å². The summed E-state index contributed by atoms with van der Waals surface area (Å²) >= 11 is 12.0. The van der Waals surface area contributed by atoms with Crippen LogP contribution in [-0.4, -0.2) is 34.2 Å². The lowest BCUT2D eigenvalue weighted by molar-refractivity contribution is -0.190. The van der Waals surface area contributed by atoms with Crippen LogP contribution in [0.4, 0.5) is 13.2 Å². The van der Waals surface area contributed by atoms with Crippen molar-refractivity contribution in [3.8, 4) is 0 Å². The third kappa shape index (κ3) is 4.34. The molecule has 1 heterocycles. The molecular weight excluding hydrogens is 504 g/mol. The maximum atomic E-state index is 14.8. The predicted molar refractivity (Wildman–Crippen MR) is 125 cm³/mol. The lowest BCUT2D eigenvalue weighted by atomic mass is 9.72. The summed E-state index contributed by atoms with van der Waals surface area (Å²) in [6.45, 7) is 3.20. The number of nitrogens with one attached hydrogen (secondary N) is 1. The fourth-order valence-corrected chi connectivity index (χ4v) is 4.96. The number of carbonyl (C=O) groups is 3. The molecule has 0 radical (unpaired) electrons. The number of allylic oxidation sites excluding steroid dienone is 1.